The lowest BCUT2D eigenvalue weighted by Crippen LogP contribution is -2.61. The zero-order valence-corrected chi connectivity index (χ0v) is 17.3. The summed E-state index contributed by atoms with van der Waals surface area (Å²) >= 11 is 0. The molecule has 2 heterocycles. The average molecular weight is 358 g/mol. The van der Waals surface area contributed by atoms with Gasteiger partial charge in [-0.15, -0.1) is 0 Å². The molecule has 140 valence electrons. The molecule has 0 amide bonds. The molecule has 4 rings (SSSR count). The third-order valence-corrected chi connectivity index (χ3v) is 7.42. The van der Waals surface area contributed by atoms with Crippen molar-refractivity contribution in [1.82, 2.24) is 4.90 Å². The van der Waals surface area contributed by atoms with Gasteiger partial charge in [0.1, 0.15) is 0 Å². The molecular weight excluding hydrogens is 326 g/mol. The molecule has 2 aliphatic heterocycles. The van der Waals surface area contributed by atoms with Gasteiger partial charge in [-0.2, -0.15) is 0 Å². The Kier molecular flexibility index (Phi) is 4.29. The van der Waals surface area contributed by atoms with Gasteiger partial charge in [0.05, 0.1) is 0 Å². The molecule has 2 aromatic carbocycles. The predicted octanol–water partition coefficient (Wildman–Crippen LogP) is 6.72. The smallest absolute Gasteiger partial charge is 0.0469 e. The molecule has 1 unspecified atom stereocenters. The molecule has 2 aliphatic rings. The molecule has 0 spiro atoms. The van der Waals surface area contributed by atoms with Gasteiger partial charge in [-0.3, -0.25) is 0 Å². The number of benzene rings is 2. The van der Waals surface area contributed by atoms with Crippen molar-refractivity contribution in [3.63, 3.8) is 0 Å². The molecule has 0 bridgehead atoms. The van der Waals surface area contributed by atoms with Crippen molar-refractivity contribution in [1.29, 1.82) is 0 Å². The Hall–Kier alpha value is -2.28. The topological polar surface area (TPSA) is 3.24 Å². The number of allylic oxidation sites excluding steroid dienone is 2. The van der Waals surface area contributed by atoms with Crippen LogP contribution in [0, 0.1) is 6.92 Å². The first-order valence-corrected chi connectivity index (χ1v) is 10.3. The van der Waals surface area contributed by atoms with E-state index in [2.05, 4.69) is 100 Å². The molecule has 0 aromatic heterocycles. The minimum atomic E-state index is 0.115. The second kappa shape index (κ2) is 6.41. The Morgan fingerprint density at radius 1 is 0.963 bits per heavy atom. The minimum absolute atomic E-state index is 0.115. The Balaban J connectivity index is 2.03. The van der Waals surface area contributed by atoms with Crippen LogP contribution in [0.25, 0.3) is 16.8 Å². The van der Waals surface area contributed by atoms with Gasteiger partial charge in [-0.05, 0) is 61.1 Å². The van der Waals surface area contributed by atoms with Crippen LogP contribution < -0.4 is 0 Å². The highest BCUT2D eigenvalue weighted by Gasteiger charge is 2.53. The summed E-state index contributed by atoms with van der Waals surface area (Å²) in [5.41, 5.74) is 8.64. The summed E-state index contributed by atoms with van der Waals surface area (Å²) < 4.78 is 0. The molecule has 2 aromatic rings. The van der Waals surface area contributed by atoms with E-state index in [1.54, 1.807) is 5.56 Å². The normalized spacial score (nSPS) is 26.4. The van der Waals surface area contributed by atoms with Crippen molar-refractivity contribution in [2.75, 3.05) is 6.54 Å². The number of nitrogens with zero attached hydrogens (tertiary/aromatic N) is 1. The molecular formula is C26H31N. The summed E-state index contributed by atoms with van der Waals surface area (Å²) in [6.07, 6.45) is 9.13. The number of rotatable bonds is 3. The van der Waals surface area contributed by atoms with Crippen molar-refractivity contribution in [3.8, 4) is 11.1 Å². The van der Waals surface area contributed by atoms with Crippen LogP contribution in [0.1, 0.15) is 57.2 Å². The molecule has 2 atom stereocenters. The molecule has 27 heavy (non-hydrogen) atoms. The largest absolute Gasteiger partial charge is 0.361 e. The molecule has 1 nitrogen and oxygen atoms in total. The zero-order chi connectivity index (χ0) is 19.2. The Morgan fingerprint density at radius 2 is 1.70 bits per heavy atom. The molecule has 0 fully saturated rings. The van der Waals surface area contributed by atoms with Crippen molar-refractivity contribution < 1.29 is 0 Å². The predicted molar refractivity (Wildman–Crippen MR) is 117 cm³/mol. The van der Waals surface area contributed by atoms with Crippen LogP contribution in [0.5, 0.6) is 0 Å². The van der Waals surface area contributed by atoms with Crippen molar-refractivity contribution in [3.05, 3.63) is 77.4 Å². The molecule has 1 heteroatoms. The summed E-state index contributed by atoms with van der Waals surface area (Å²) in [5, 5.41) is 0. The van der Waals surface area contributed by atoms with Crippen LogP contribution in [0.4, 0.5) is 0 Å². The third-order valence-electron chi connectivity index (χ3n) is 7.42. The fourth-order valence-corrected chi connectivity index (χ4v) is 5.44. The lowest BCUT2D eigenvalue weighted by molar-refractivity contribution is 0.0722. The van der Waals surface area contributed by atoms with Crippen molar-refractivity contribution >= 4 is 5.70 Å². The maximum Gasteiger partial charge on any atom is 0.0469 e. The van der Waals surface area contributed by atoms with E-state index < -0.39 is 0 Å². The van der Waals surface area contributed by atoms with E-state index >= 15 is 0 Å². The molecule has 0 radical (unpaired) electrons. The van der Waals surface area contributed by atoms with Crippen LogP contribution in [-0.4, -0.2) is 17.0 Å². The number of hydrogen-bond donors (Lipinski definition) is 0. The fourth-order valence-electron chi connectivity index (χ4n) is 5.44. The molecule has 0 saturated heterocycles. The van der Waals surface area contributed by atoms with Gasteiger partial charge in [-0.1, -0.05) is 69.3 Å². The maximum absolute atomic E-state index is 2.66. The average Bonchev–Trinajstić information content (AvgIpc) is 2.72. The summed E-state index contributed by atoms with van der Waals surface area (Å²) in [6.45, 7) is 13.0. The highest BCUT2D eigenvalue weighted by Crippen LogP contribution is 2.55. The standard InChI is InChI=1S/C26H31N/c1-6-25(4)24-19(3)17-21(20-13-9-8-10-14-20)18-22(24)23-15-11-12-16-27(23)26(25,5)7-2/h8-15,17-18H,6-7,16H2,1-5H3/t25?,26-/m0/s1. The quantitative estimate of drug-likeness (QED) is 0.589. The number of aryl methyl sites for hydroxylation is 1. The third kappa shape index (κ3) is 2.44. The van der Waals surface area contributed by atoms with E-state index in [0.29, 0.717) is 0 Å². The minimum Gasteiger partial charge on any atom is -0.361 e. The van der Waals surface area contributed by atoms with Crippen LogP contribution in [0.2, 0.25) is 0 Å². The Morgan fingerprint density at radius 3 is 2.37 bits per heavy atom. The summed E-state index contributed by atoms with van der Waals surface area (Å²) in [7, 11) is 0. The summed E-state index contributed by atoms with van der Waals surface area (Å²) in [6, 6.07) is 15.6. The number of hydrogen-bond acceptors (Lipinski definition) is 1. The van der Waals surface area contributed by atoms with Crippen LogP contribution in [0.3, 0.4) is 0 Å². The number of fused-ring (bicyclic) bond motifs is 3. The van der Waals surface area contributed by atoms with E-state index in [-0.39, 0.29) is 11.0 Å². The first-order valence-electron chi connectivity index (χ1n) is 10.3. The first kappa shape index (κ1) is 18.1. The highest BCUT2D eigenvalue weighted by atomic mass is 15.2. The SMILES string of the molecule is CCC1(C)c2c(C)cc(-c3ccccc3)cc2C2=CC=CCN2[C@@]1(C)CC. The van der Waals surface area contributed by atoms with Crippen LogP contribution >= 0.6 is 0 Å². The van der Waals surface area contributed by atoms with Gasteiger partial charge in [0, 0.05) is 28.8 Å². The van der Waals surface area contributed by atoms with Gasteiger partial charge in [-0.25, -0.2) is 0 Å². The van der Waals surface area contributed by atoms with E-state index in [0.717, 1.165) is 19.4 Å². The molecule has 0 saturated carbocycles. The van der Waals surface area contributed by atoms with Gasteiger partial charge >= 0.3 is 0 Å². The van der Waals surface area contributed by atoms with E-state index in [9.17, 15) is 0 Å². The lowest BCUT2D eigenvalue weighted by Gasteiger charge is -2.59. The van der Waals surface area contributed by atoms with Gasteiger partial charge in [0.2, 0.25) is 0 Å². The lowest BCUT2D eigenvalue weighted by atomic mass is 9.58. The molecule has 0 N–H and O–H groups in total. The fraction of sp³-hybridized carbons (Fsp3) is 0.385. The van der Waals surface area contributed by atoms with Gasteiger partial charge in [0.25, 0.3) is 0 Å². The van der Waals surface area contributed by atoms with Crippen molar-refractivity contribution in [2.45, 2.75) is 58.4 Å². The zero-order valence-electron chi connectivity index (χ0n) is 17.3. The van der Waals surface area contributed by atoms with Crippen LogP contribution in [0.15, 0.2) is 60.7 Å². The summed E-state index contributed by atoms with van der Waals surface area (Å²) in [4.78, 5) is 2.66. The second-order valence-electron chi connectivity index (χ2n) is 8.49. The highest BCUT2D eigenvalue weighted by molar-refractivity contribution is 5.80. The maximum atomic E-state index is 2.66. The van der Waals surface area contributed by atoms with Crippen molar-refractivity contribution in [2.24, 2.45) is 0 Å². The summed E-state index contributed by atoms with van der Waals surface area (Å²) in [5.74, 6) is 0. The molecule has 0 aliphatic carbocycles. The van der Waals surface area contributed by atoms with E-state index in [1.165, 1.54) is 28.0 Å². The second-order valence-corrected chi connectivity index (χ2v) is 8.49. The van der Waals surface area contributed by atoms with E-state index in [1.807, 2.05) is 0 Å². The van der Waals surface area contributed by atoms with Gasteiger partial charge < -0.3 is 4.90 Å². The Labute approximate surface area is 164 Å². The van der Waals surface area contributed by atoms with Gasteiger partial charge in [0.15, 0.2) is 0 Å². The Bertz CT molecular complexity index is 921. The van der Waals surface area contributed by atoms with Crippen LogP contribution in [-0.2, 0) is 5.41 Å². The monoisotopic (exact) mass is 357 g/mol. The van der Waals surface area contributed by atoms with E-state index in [4.69, 9.17) is 0 Å². The first-order chi connectivity index (χ1) is 13.0.